The van der Waals surface area contributed by atoms with E-state index in [2.05, 4.69) is 15.9 Å². The lowest BCUT2D eigenvalue weighted by Crippen LogP contribution is -2.29. The van der Waals surface area contributed by atoms with Gasteiger partial charge in [-0.05, 0) is 56.6 Å². The van der Waals surface area contributed by atoms with Gasteiger partial charge in [0.1, 0.15) is 12.7 Å². The summed E-state index contributed by atoms with van der Waals surface area (Å²) < 4.78 is 28.0. The maximum atomic E-state index is 12.2. The highest BCUT2D eigenvalue weighted by atomic mass is 79.9. The van der Waals surface area contributed by atoms with E-state index in [-0.39, 0.29) is 6.61 Å². The molecule has 0 fully saturated rings. The summed E-state index contributed by atoms with van der Waals surface area (Å²) in [4.78, 5) is 12.2. The molecular formula is C19H28BrO6PS. The third-order valence-electron chi connectivity index (χ3n) is 3.29. The third-order valence-corrected chi connectivity index (χ3v) is 6.59. The third kappa shape index (κ3) is 9.74. The molecule has 1 aromatic rings. The Balaban J connectivity index is 2.86. The van der Waals surface area contributed by atoms with Crippen molar-refractivity contribution in [2.45, 2.75) is 33.2 Å². The first-order valence-electron chi connectivity index (χ1n) is 9.11. The van der Waals surface area contributed by atoms with Crippen LogP contribution in [0.25, 0.3) is 0 Å². The fourth-order valence-electron chi connectivity index (χ4n) is 2.14. The van der Waals surface area contributed by atoms with Gasteiger partial charge in [0, 0.05) is 6.61 Å². The minimum Gasteiger partial charge on any atom is -0.459 e. The van der Waals surface area contributed by atoms with Crippen LogP contribution in [0.4, 0.5) is 0 Å². The van der Waals surface area contributed by atoms with E-state index in [1.807, 2.05) is 26.8 Å². The number of hydrogen-bond acceptors (Lipinski definition) is 7. The van der Waals surface area contributed by atoms with Gasteiger partial charge in [0.05, 0.1) is 24.1 Å². The molecule has 1 aromatic carbocycles. The largest absolute Gasteiger partial charge is 0.459 e. The Morgan fingerprint density at radius 1 is 1.14 bits per heavy atom. The lowest BCUT2D eigenvalue weighted by Gasteiger charge is -2.22. The molecule has 0 spiro atoms. The molecule has 0 radical (unpaired) electrons. The lowest BCUT2D eigenvalue weighted by atomic mass is 10.2. The summed E-state index contributed by atoms with van der Waals surface area (Å²) in [5, 5.41) is 0.475. The van der Waals surface area contributed by atoms with E-state index < -0.39 is 24.9 Å². The van der Waals surface area contributed by atoms with E-state index in [0.29, 0.717) is 30.7 Å². The van der Waals surface area contributed by atoms with Gasteiger partial charge in [-0.15, -0.1) is 0 Å². The van der Waals surface area contributed by atoms with Gasteiger partial charge in [-0.2, -0.15) is 0 Å². The van der Waals surface area contributed by atoms with Crippen LogP contribution in [-0.4, -0.2) is 50.1 Å². The molecule has 2 atom stereocenters. The van der Waals surface area contributed by atoms with E-state index in [4.69, 9.17) is 35.1 Å². The number of carbonyl (C=O) groups excluding carboxylic acids is 1. The number of alkyl halides is 1. The number of ether oxygens (including phenoxy) is 3. The summed E-state index contributed by atoms with van der Waals surface area (Å²) in [6.45, 7) is 4.42. The van der Waals surface area contributed by atoms with E-state index in [1.54, 1.807) is 36.2 Å². The maximum absolute atomic E-state index is 12.2. The molecule has 0 aliphatic carbocycles. The zero-order valence-corrected chi connectivity index (χ0v) is 19.7. The summed E-state index contributed by atoms with van der Waals surface area (Å²) in [6, 6.07) is 8.78. The Labute approximate surface area is 180 Å². The van der Waals surface area contributed by atoms with Crippen molar-refractivity contribution in [2.75, 3.05) is 31.8 Å². The second kappa shape index (κ2) is 14.4. The Hall–Kier alpha value is -0.600. The summed E-state index contributed by atoms with van der Waals surface area (Å²) in [7, 11) is 0. The van der Waals surface area contributed by atoms with Crippen LogP contribution in [0.15, 0.2) is 42.2 Å². The molecule has 0 saturated carbocycles. The highest BCUT2D eigenvalue weighted by Crippen LogP contribution is 2.50. The Kier molecular flexibility index (Phi) is 13.1. The second-order valence-corrected chi connectivity index (χ2v) is 9.46. The second-order valence-electron chi connectivity index (χ2n) is 5.40. The average molecular weight is 495 g/mol. The summed E-state index contributed by atoms with van der Waals surface area (Å²) in [6.07, 6.45) is 0.663. The van der Waals surface area contributed by atoms with Gasteiger partial charge in [0.15, 0.2) is 6.29 Å². The van der Waals surface area contributed by atoms with Crippen LogP contribution in [0.5, 0.6) is 0 Å². The molecule has 6 nitrogen and oxygen atoms in total. The van der Waals surface area contributed by atoms with Crippen LogP contribution in [0, 0.1) is 0 Å². The highest BCUT2D eigenvalue weighted by Gasteiger charge is 2.19. The molecule has 158 valence electrons. The van der Waals surface area contributed by atoms with Crippen LogP contribution in [-0.2, 0) is 35.1 Å². The molecular weight excluding hydrogens is 467 g/mol. The smallest absolute Gasteiger partial charge is 0.338 e. The van der Waals surface area contributed by atoms with Crippen molar-refractivity contribution < 1.29 is 28.1 Å². The normalized spacial score (nSPS) is 14.1. The van der Waals surface area contributed by atoms with Gasteiger partial charge in [0.2, 0.25) is 6.49 Å². The molecule has 28 heavy (non-hydrogen) atoms. The number of esters is 1. The zero-order valence-electron chi connectivity index (χ0n) is 16.4. The van der Waals surface area contributed by atoms with Gasteiger partial charge in [-0.1, -0.05) is 34.1 Å². The molecule has 0 aliphatic heterocycles. The van der Waals surface area contributed by atoms with Crippen LogP contribution in [0.1, 0.15) is 31.1 Å². The number of hydrogen-bond donors (Lipinski definition) is 0. The summed E-state index contributed by atoms with van der Waals surface area (Å²) >= 11 is 8.86. The fourth-order valence-corrected chi connectivity index (χ4v) is 4.69. The van der Waals surface area contributed by atoms with Gasteiger partial charge in [-0.3, -0.25) is 0 Å². The quantitative estimate of drug-likeness (QED) is 0.158. The molecule has 0 bridgehead atoms. The molecule has 0 aliphatic rings. The van der Waals surface area contributed by atoms with Gasteiger partial charge >= 0.3 is 5.97 Å². The van der Waals surface area contributed by atoms with Crippen molar-refractivity contribution >= 4 is 40.2 Å². The van der Waals surface area contributed by atoms with E-state index in [0.717, 1.165) is 0 Å². The molecule has 0 heterocycles. The first-order chi connectivity index (χ1) is 13.5. The average Bonchev–Trinajstić information content (AvgIpc) is 2.70. The minimum atomic E-state index is -2.57. The molecule has 1 rings (SSSR count). The standard InChI is InChI=1S/C19H28BrO6PS/c1-4-22-18(14-20)26-17(12-13-27(28,24-5-2)25-6-3)15-23-19(21)16-10-8-7-9-11-16/h7-13,17-18H,4-6,14-15H2,1-3H3/b13-12+/t17-,18?/m0/s1. The molecule has 9 heteroatoms. The van der Waals surface area contributed by atoms with Crippen molar-refractivity contribution in [1.82, 2.24) is 0 Å². The van der Waals surface area contributed by atoms with Crippen LogP contribution >= 0.6 is 22.4 Å². The molecule has 1 unspecified atom stereocenters. The fraction of sp³-hybridized carbons (Fsp3) is 0.526. The van der Waals surface area contributed by atoms with Gasteiger partial charge < -0.3 is 23.3 Å². The topological polar surface area (TPSA) is 63.2 Å². The molecule has 0 saturated heterocycles. The highest BCUT2D eigenvalue weighted by molar-refractivity contribution is 9.09. The number of halogens is 1. The Morgan fingerprint density at radius 2 is 1.79 bits per heavy atom. The Bertz CT molecular complexity index is 633. The van der Waals surface area contributed by atoms with Crippen molar-refractivity contribution in [3.05, 3.63) is 47.8 Å². The zero-order chi connectivity index (χ0) is 20.8. The summed E-state index contributed by atoms with van der Waals surface area (Å²) in [5.74, 6) is 1.27. The van der Waals surface area contributed by atoms with Crippen LogP contribution in [0.2, 0.25) is 0 Å². The van der Waals surface area contributed by atoms with Crippen molar-refractivity contribution in [3.63, 3.8) is 0 Å². The predicted octanol–water partition coefficient (Wildman–Crippen LogP) is 4.88. The maximum Gasteiger partial charge on any atom is 0.338 e. The molecule has 0 aromatic heterocycles. The lowest BCUT2D eigenvalue weighted by molar-refractivity contribution is -0.150. The summed E-state index contributed by atoms with van der Waals surface area (Å²) in [5.41, 5.74) is 0.473. The van der Waals surface area contributed by atoms with Crippen LogP contribution < -0.4 is 0 Å². The predicted molar refractivity (Wildman–Crippen MR) is 117 cm³/mol. The SMILES string of the molecule is CCOC(CBr)O[C@@H](/C=C/P(=S)(OCC)OCC)COC(=O)c1ccccc1. The van der Waals surface area contributed by atoms with E-state index in [1.165, 1.54) is 0 Å². The molecule has 0 amide bonds. The number of rotatable bonds is 14. The number of carbonyl (C=O) groups is 1. The molecule has 0 N–H and O–H groups in total. The van der Waals surface area contributed by atoms with Crippen molar-refractivity contribution in [1.29, 1.82) is 0 Å². The van der Waals surface area contributed by atoms with Crippen molar-refractivity contribution in [2.24, 2.45) is 0 Å². The van der Waals surface area contributed by atoms with Crippen molar-refractivity contribution in [3.8, 4) is 0 Å². The van der Waals surface area contributed by atoms with Crippen LogP contribution in [0.3, 0.4) is 0 Å². The van der Waals surface area contributed by atoms with Gasteiger partial charge in [0.25, 0.3) is 0 Å². The number of benzene rings is 1. The first kappa shape index (κ1) is 25.4. The first-order valence-corrected chi connectivity index (χ1v) is 12.9. The van der Waals surface area contributed by atoms with Gasteiger partial charge in [-0.25, -0.2) is 4.79 Å². The monoisotopic (exact) mass is 494 g/mol. The van der Waals surface area contributed by atoms with E-state index in [9.17, 15) is 4.79 Å². The van der Waals surface area contributed by atoms with E-state index >= 15 is 0 Å². The Morgan fingerprint density at radius 3 is 2.32 bits per heavy atom. The minimum absolute atomic E-state index is 0.00832.